The molecule has 146 valence electrons. The molecule has 0 radical (unpaired) electrons. The van der Waals surface area contributed by atoms with Gasteiger partial charge in [0.15, 0.2) is 6.61 Å². The van der Waals surface area contributed by atoms with Crippen LogP contribution in [0.15, 0.2) is 48.5 Å². The van der Waals surface area contributed by atoms with E-state index < -0.39 is 0 Å². The van der Waals surface area contributed by atoms with Crippen LogP contribution in [0.2, 0.25) is 0 Å². The minimum atomic E-state index is -0.0479. The summed E-state index contributed by atoms with van der Waals surface area (Å²) in [7, 11) is 0. The highest BCUT2D eigenvalue weighted by atomic mass is 16.5. The van der Waals surface area contributed by atoms with Crippen molar-refractivity contribution in [3.63, 3.8) is 0 Å². The molecule has 0 saturated heterocycles. The SMILES string of the molecule is O=C(NC1CCCCC1)c1ccc2c(c1)CN(Cc1ccccc1)C(=O)CO2. The van der Waals surface area contributed by atoms with Gasteiger partial charge >= 0.3 is 0 Å². The molecule has 1 heterocycles. The molecule has 0 bridgehead atoms. The molecule has 1 N–H and O–H groups in total. The summed E-state index contributed by atoms with van der Waals surface area (Å²) >= 11 is 0. The van der Waals surface area contributed by atoms with E-state index in [9.17, 15) is 9.59 Å². The molecule has 2 aliphatic rings. The van der Waals surface area contributed by atoms with Gasteiger partial charge in [-0.05, 0) is 36.6 Å². The summed E-state index contributed by atoms with van der Waals surface area (Å²) in [6.45, 7) is 0.988. The largest absolute Gasteiger partial charge is 0.483 e. The first-order valence-electron chi connectivity index (χ1n) is 10.1. The highest BCUT2D eigenvalue weighted by molar-refractivity contribution is 5.95. The lowest BCUT2D eigenvalue weighted by molar-refractivity contribution is -0.133. The minimum absolute atomic E-state index is 0.0213. The Labute approximate surface area is 165 Å². The summed E-state index contributed by atoms with van der Waals surface area (Å²) in [5, 5.41) is 3.16. The molecule has 1 aliphatic heterocycles. The van der Waals surface area contributed by atoms with Crippen LogP contribution in [-0.4, -0.2) is 29.4 Å². The molecule has 0 spiro atoms. The van der Waals surface area contributed by atoms with Gasteiger partial charge in [-0.25, -0.2) is 0 Å². The smallest absolute Gasteiger partial charge is 0.261 e. The van der Waals surface area contributed by atoms with Crippen LogP contribution in [0, 0.1) is 0 Å². The number of amides is 2. The van der Waals surface area contributed by atoms with Gasteiger partial charge in [0.2, 0.25) is 0 Å². The first-order chi connectivity index (χ1) is 13.7. The second-order valence-electron chi connectivity index (χ2n) is 7.65. The van der Waals surface area contributed by atoms with Crippen molar-refractivity contribution >= 4 is 11.8 Å². The van der Waals surface area contributed by atoms with Crippen molar-refractivity contribution in [1.29, 1.82) is 0 Å². The van der Waals surface area contributed by atoms with Crippen LogP contribution in [0.4, 0.5) is 0 Å². The van der Waals surface area contributed by atoms with Crippen molar-refractivity contribution in [3.8, 4) is 5.75 Å². The minimum Gasteiger partial charge on any atom is -0.483 e. The van der Waals surface area contributed by atoms with Crippen LogP contribution >= 0.6 is 0 Å². The highest BCUT2D eigenvalue weighted by Crippen LogP contribution is 2.26. The number of carbonyl (C=O) groups is 2. The van der Waals surface area contributed by atoms with Gasteiger partial charge in [-0.15, -0.1) is 0 Å². The summed E-state index contributed by atoms with van der Waals surface area (Å²) in [4.78, 5) is 27.0. The number of fused-ring (bicyclic) bond motifs is 1. The van der Waals surface area contributed by atoms with Gasteiger partial charge in [-0.2, -0.15) is 0 Å². The van der Waals surface area contributed by atoms with Crippen LogP contribution in [-0.2, 0) is 17.9 Å². The first-order valence-corrected chi connectivity index (χ1v) is 10.1. The van der Waals surface area contributed by atoms with Crippen molar-refractivity contribution in [2.45, 2.75) is 51.2 Å². The zero-order valence-corrected chi connectivity index (χ0v) is 16.0. The Kier molecular flexibility index (Phi) is 5.60. The van der Waals surface area contributed by atoms with Crippen LogP contribution < -0.4 is 10.1 Å². The normalized spacial score (nSPS) is 17.4. The molecule has 1 saturated carbocycles. The van der Waals surface area contributed by atoms with Gasteiger partial charge in [0.05, 0.1) is 0 Å². The van der Waals surface area contributed by atoms with E-state index in [0.29, 0.717) is 24.4 Å². The zero-order chi connectivity index (χ0) is 19.3. The molecule has 0 aromatic heterocycles. The van der Waals surface area contributed by atoms with E-state index in [2.05, 4.69) is 5.32 Å². The van der Waals surface area contributed by atoms with Crippen molar-refractivity contribution in [3.05, 3.63) is 65.2 Å². The molecular weight excluding hydrogens is 352 g/mol. The summed E-state index contributed by atoms with van der Waals surface area (Å²) in [5.74, 6) is 0.589. The number of nitrogens with one attached hydrogen (secondary N) is 1. The second-order valence-corrected chi connectivity index (χ2v) is 7.65. The molecule has 2 aromatic rings. The molecule has 4 rings (SSSR count). The summed E-state index contributed by atoms with van der Waals surface area (Å²) in [6.07, 6.45) is 5.73. The Bertz CT molecular complexity index is 844. The Balaban J connectivity index is 1.50. The molecule has 0 atom stereocenters. The summed E-state index contributed by atoms with van der Waals surface area (Å²) in [6, 6.07) is 15.6. The molecule has 2 amide bonds. The molecule has 5 heteroatoms. The Morgan fingerprint density at radius 3 is 2.64 bits per heavy atom. The van der Waals surface area contributed by atoms with Crippen molar-refractivity contribution in [2.24, 2.45) is 0 Å². The average molecular weight is 378 g/mol. The molecular formula is C23H26N2O3. The summed E-state index contributed by atoms with van der Waals surface area (Å²) in [5.41, 5.74) is 2.57. The standard InChI is InChI=1S/C23H26N2O3/c26-22-16-28-21-12-11-18(23(27)24-20-9-5-2-6-10-20)13-19(21)15-25(22)14-17-7-3-1-4-8-17/h1,3-4,7-8,11-13,20H,2,5-6,9-10,14-16H2,(H,24,27). The van der Waals surface area contributed by atoms with Gasteiger partial charge < -0.3 is 15.0 Å². The van der Waals surface area contributed by atoms with Crippen LogP contribution in [0.5, 0.6) is 5.75 Å². The Hall–Kier alpha value is -2.82. The van der Waals surface area contributed by atoms with E-state index >= 15 is 0 Å². The topological polar surface area (TPSA) is 58.6 Å². The van der Waals surface area contributed by atoms with E-state index in [1.165, 1.54) is 19.3 Å². The van der Waals surface area contributed by atoms with E-state index in [0.717, 1.165) is 24.0 Å². The molecule has 1 fully saturated rings. The lowest BCUT2D eigenvalue weighted by atomic mass is 9.95. The fourth-order valence-corrected chi connectivity index (χ4v) is 3.97. The van der Waals surface area contributed by atoms with Crippen LogP contribution in [0.1, 0.15) is 53.6 Å². The van der Waals surface area contributed by atoms with E-state index in [-0.39, 0.29) is 24.5 Å². The quantitative estimate of drug-likeness (QED) is 0.883. The number of benzene rings is 2. The molecule has 1 aliphatic carbocycles. The predicted octanol–water partition coefficient (Wildman–Crippen LogP) is 3.67. The third kappa shape index (κ3) is 4.35. The predicted molar refractivity (Wildman–Crippen MR) is 107 cm³/mol. The lowest BCUT2D eigenvalue weighted by Gasteiger charge is -2.23. The average Bonchev–Trinajstić information content (AvgIpc) is 2.88. The van der Waals surface area contributed by atoms with E-state index in [1.54, 1.807) is 11.0 Å². The lowest BCUT2D eigenvalue weighted by Crippen LogP contribution is -2.36. The van der Waals surface area contributed by atoms with Gasteiger partial charge in [0, 0.05) is 30.3 Å². The number of hydrogen-bond acceptors (Lipinski definition) is 3. The van der Waals surface area contributed by atoms with Crippen molar-refractivity contribution in [2.75, 3.05) is 6.61 Å². The van der Waals surface area contributed by atoms with Crippen molar-refractivity contribution < 1.29 is 14.3 Å². The van der Waals surface area contributed by atoms with Crippen LogP contribution in [0.3, 0.4) is 0 Å². The van der Waals surface area contributed by atoms with Gasteiger partial charge in [0.25, 0.3) is 11.8 Å². The van der Waals surface area contributed by atoms with Gasteiger partial charge in [-0.3, -0.25) is 9.59 Å². The fraction of sp³-hybridized carbons (Fsp3) is 0.391. The van der Waals surface area contributed by atoms with Crippen molar-refractivity contribution in [1.82, 2.24) is 10.2 Å². The van der Waals surface area contributed by atoms with Crippen LogP contribution in [0.25, 0.3) is 0 Å². The van der Waals surface area contributed by atoms with Gasteiger partial charge in [0.1, 0.15) is 5.75 Å². The fourth-order valence-electron chi connectivity index (χ4n) is 3.97. The van der Waals surface area contributed by atoms with Gasteiger partial charge in [-0.1, -0.05) is 49.6 Å². The monoisotopic (exact) mass is 378 g/mol. The highest BCUT2D eigenvalue weighted by Gasteiger charge is 2.23. The number of ether oxygens (including phenoxy) is 1. The molecule has 5 nitrogen and oxygen atoms in total. The van der Waals surface area contributed by atoms with E-state index in [4.69, 9.17) is 4.74 Å². The third-order valence-corrected chi connectivity index (χ3v) is 5.54. The number of carbonyl (C=O) groups excluding carboxylic acids is 2. The third-order valence-electron chi connectivity index (χ3n) is 5.54. The van der Waals surface area contributed by atoms with E-state index in [1.807, 2.05) is 42.5 Å². The zero-order valence-electron chi connectivity index (χ0n) is 16.0. The Morgan fingerprint density at radius 2 is 1.86 bits per heavy atom. The maximum Gasteiger partial charge on any atom is 0.261 e. The molecule has 2 aromatic carbocycles. The number of hydrogen-bond donors (Lipinski definition) is 1. The number of rotatable bonds is 4. The molecule has 28 heavy (non-hydrogen) atoms. The first kappa shape index (κ1) is 18.5. The maximum atomic E-state index is 12.7. The summed E-state index contributed by atoms with van der Waals surface area (Å²) < 4.78 is 5.69. The Morgan fingerprint density at radius 1 is 1.07 bits per heavy atom. The maximum absolute atomic E-state index is 12.7. The second kappa shape index (κ2) is 8.46. The number of nitrogens with zero attached hydrogens (tertiary/aromatic N) is 1. The molecule has 0 unspecified atom stereocenters.